The molecular weight excluding hydrogens is 274 g/mol. The number of amides is 2. The summed E-state index contributed by atoms with van der Waals surface area (Å²) in [4.78, 5) is 40.3. The zero-order valence-corrected chi connectivity index (χ0v) is 10.5. The van der Waals surface area contributed by atoms with E-state index >= 15 is 0 Å². The van der Waals surface area contributed by atoms with Gasteiger partial charge in [0, 0.05) is 6.42 Å². The molecule has 0 bridgehead atoms. The Kier molecular flexibility index (Phi) is 3.55. The molecule has 0 aliphatic carbocycles. The van der Waals surface area contributed by atoms with Crippen LogP contribution in [0.4, 0.5) is 0 Å². The van der Waals surface area contributed by atoms with Crippen molar-refractivity contribution in [2.45, 2.75) is 12.5 Å². The molecule has 0 saturated carbocycles. The molecule has 0 aromatic heterocycles. The normalized spacial score (nSPS) is 21.2. The number of rotatable bonds is 2. The maximum Gasteiger partial charge on any atom is 0.338 e. The van der Waals surface area contributed by atoms with E-state index in [0.717, 1.165) is 0 Å². The summed E-state index contributed by atoms with van der Waals surface area (Å²) in [7, 11) is 0. The van der Waals surface area contributed by atoms with E-state index in [2.05, 4.69) is 0 Å². The Hall–Kier alpha value is -1.92. The molecule has 2 aliphatic heterocycles. The summed E-state index contributed by atoms with van der Waals surface area (Å²) < 4.78 is 4.71. The molecule has 3 rings (SSSR count). The summed E-state index contributed by atoms with van der Waals surface area (Å²) >= 11 is 0. The Balaban J connectivity index is 0.00000133. The minimum atomic E-state index is -0.882. The topological polar surface area (TPSA) is 72.9 Å². The van der Waals surface area contributed by atoms with Gasteiger partial charge in [0.25, 0.3) is 11.8 Å². The van der Waals surface area contributed by atoms with E-state index in [-0.39, 0.29) is 30.1 Å². The van der Waals surface area contributed by atoms with Crippen molar-refractivity contribution >= 4 is 30.2 Å². The lowest BCUT2D eigenvalue weighted by atomic mass is 10.1. The van der Waals surface area contributed by atoms with Crippen LogP contribution in [0.2, 0.25) is 0 Å². The molecule has 1 aromatic rings. The summed E-state index contributed by atoms with van der Waals surface area (Å²) in [5.41, 5.74) is 0.572. The third kappa shape index (κ3) is 2.09. The molecule has 0 radical (unpaired) electrons. The lowest BCUT2D eigenvalue weighted by molar-refractivity contribution is -0.166. The van der Waals surface area contributed by atoms with E-state index < -0.39 is 23.9 Å². The van der Waals surface area contributed by atoms with Crippen LogP contribution in [0.1, 0.15) is 27.1 Å². The van der Waals surface area contributed by atoms with Gasteiger partial charge in [-0.1, -0.05) is 12.1 Å². The van der Waals surface area contributed by atoms with Gasteiger partial charge in [-0.2, -0.15) is 0 Å². The molecule has 6 nitrogen and oxygen atoms in total. The number of carbonyl (C=O) groups is 3. The molecule has 1 unspecified atom stereocenters. The number of cyclic esters (lactones) is 1. The average molecular weight is 284 g/mol. The summed E-state index contributed by atoms with van der Waals surface area (Å²) in [6.07, 6.45) is -0.543. The minimum absolute atomic E-state index is 0. The first-order valence-electron chi connectivity index (χ1n) is 5.49. The summed E-state index contributed by atoms with van der Waals surface area (Å²) in [6, 6.07) is 6.42. The Morgan fingerprint density at radius 3 is 2.16 bits per heavy atom. The number of benzene rings is 1. The van der Waals surface area contributed by atoms with Crippen molar-refractivity contribution in [1.29, 1.82) is 0 Å². The summed E-state index contributed by atoms with van der Waals surface area (Å²) in [5.74, 6) is -1.64. The van der Waals surface area contributed by atoms with Crippen LogP contribution in [0.15, 0.2) is 24.3 Å². The van der Waals surface area contributed by atoms with E-state index in [9.17, 15) is 14.4 Å². The van der Waals surface area contributed by atoms with Crippen LogP contribution in [-0.2, 0) is 14.4 Å². The Labute approximate surface area is 114 Å². The number of imide groups is 1. The van der Waals surface area contributed by atoms with Crippen molar-refractivity contribution < 1.29 is 24.0 Å². The quantitative estimate of drug-likeness (QED) is 0.597. The van der Waals surface area contributed by atoms with Gasteiger partial charge in [-0.15, -0.1) is 17.5 Å². The summed E-state index contributed by atoms with van der Waals surface area (Å²) in [5, 5.41) is 0.641. The van der Waals surface area contributed by atoms with Crippen molar-refractivity contribution in [2.75, 3.05) is 6.61 Å². The first kappa shape index (κ1) is 13.5. The largest absolute Gasteiger partial charge is 0.464 e. The predicted molar refractivity (Wildman–Crippen MR) is 64.6 cm³/mol. The Morgan fingerprint density at radius 2 is 1.68 bits per heavy atom. The molecule has 7 heteroatoms. The van der Waals surface area contributed by atoms with E-state index in [1.807, 2.05) is 0 Å². The molecular formula is C12H10ClNO5. The zero-order chi connectivity index (χ0) is 12.7. The van der Waals surface area contributed by atoms with Gasteiger partial charge in [0.15, 0.2) is 6.10 Å². The molecule has 0 spiro atoms. The number of halogens is 1. The minimum Gasteiger partial charge on any atom is -0.464 e. The highest BCUT2D eigenvalue weighted by Crippen LogP contribution is 2.24. The fourth-order valence-electron chi connectivity index (χ4n) is 1.96. The van der Waals surface area contributed by atoms with Crippen LogP contribution >= 0.6 is 12.4 Å². The Bertz CT molecular complexity index is 524. The molecule has 0 N–H and O–H groups in total. The molecule has 1 atom stereocenters. The highest BCUT2D eigenvalue weighted by atomic mass is 35.5. The molecule has 1 fully saturated rings. The van der Waals surface area contributed by atoms with Crippen LogP contribution in [-0.4, -0.2) is 35.6 Å². The molecule has 2 heterocycles. The monoisotopic (exact) mass is 283 g/mol. The second kappa shape index (κ2) is 4.99. The number of esters is 1. The second-order valence-electron chi connectivity index (χ2n) is 4.00. The van der Waals surface area contributed by atoms with Gasteiger partial charge in [-0.05, 0) is 12.1 Å². The SMILES string of the molecule is Cl.O=C1OCCC1ON1C(=O)c2ccccc2C1=O. The summed E-state index contributed by atoms with van der Waals surface area (Å²) in [6.45, 7) is 0.243. The molecule has 1 saturated heterocycles. The van der Waals surface area contributed by atoms with Crippen LogP contribution in [0, 0.1) is 0 Å². The third-order valence-corrected chi connectivity index (χ3v) is 2.88. The van der Waals surface area contributed by atoms with Gasteiger partial charge in [-0.25, -0.2) is 9.63 Å². The number of nitrogens with zero attached hydrogens (tertiary/aromatic N) is 1. The predicted octanol–water partition coefficient (Wildman–Crippen LogP) is 0.952. The maximum atomic E-state index is 11.9. The number of hydroxylamine groups is 2. The van der Waals surface area contributed by atoms with Gasteiger partial charge in [0.2, 0.25) is 0 Å². The molecule has 2 amide bonds. The van der Waals surface area contributed by atoms with Gasteiger partial charge in [0.1, 0.15) is 0 Å². The molecule has 2 aliphatic rings. The number of hydrogen-bond acceptors (Lipinski definition) is 5. The first-order valence-corrected chi connectivity index (χ1v) is 5.49. The highest BCUT2D eigenvalue weighted by Gasteiger charge is 2.40. The lowest BCUT2D eigenvalue weighted by Gasteiger charge is -2.15. The van der Waals surface area contributed by atoms with Crippen LogP contribution in [0.25, 0.3) is 0 Å². The first-order chi connectivity index (χ1) is 8.68. The number of hydrogen-bond donors (Lipinski definition) is 0. The fraction of sp³-hybridized carbons (Fsp3) is 0.250. The van der Waals surface area contributed by atoms with Crippen molar-refractivity contribution in [1.82, 2.24) is 5.06 Å². The maximum absolute atomic E-state index is 11.9. The number of fused-ring (bicyclic) bond motifs is 1. The third-order valence-electron chi connectivity index (χ3n) is 2.88. The van der Waals surface area contributed by atoms with Crippen molar-refractivity contribution in [3.8, 4) is 0 Å². The van der Waals surface area contributed by atoms with Crippen molar-refractivity contribution in [3.63, 3.8) is 0 Å². The van der Waals surface area contributed by atoms with Crippen LogP contribution in [0.3, 0.4) is 0 Å². The second-order valence-corrected chi connectivity index (χ2v) is 4.00. The highest BCUT2D eigenvalue weighted by molar-refractivity contribution is 6.20. The smallest absolute Gasteiger partial charge is 0.338 e. The number of ether oxygens (including phenoxy) is 1. The van der Waals surface area contributed by atoms with Crippen molar-refractivity contribution in [2.24, 2.45) is 0 Å². The average Bonchev–Trinajstić information content (AvgIpc) is 2.89. The standard InChI is InChI=1S/C12H9NO5.ClH/c14-10-7-3-1-2-4-8(7)11(15)13(10)18-9-5-6-17-12(9)16;/h1-4,9H,5-6H2;1H. The van der Waals surface area contributed by atoms with Gasteiger partial charge >= 0.3 is 5.97 Å². The molecule has 100 valence electrons. The zero-order valence-electron chi connectivity index (χ0n) is 9.70. The van der Waals surface area contributed by atoms with Crippen molar-refractivity contribution in [3.05, 3.63) is 35.4 Å². The van der Waals surface area contributed by atoms with Gasteiger partial charge in [0.05, 0.1) is 17.7 Å². The molecule has 1 aromatic carbocycles. The van der Waals surface area contributed by atoms with E-state index in [1.54, 1.807) is 24.3 Å². The lowest BCUT2D eigenvalue weighted by Crippen LogP contribution is -2.36. The van der Waals surface area contributed by atoms with Gasteiger partial charge < -0.3 is 4.74 Å². The fourth-order valence-corrected chi connectivity index (χ4v) is 1.96. The Morgan fingerprint density at radius 1 is 1.11 bits per heavy atom. The van der Waals surface area contributed by atoms with E-state index in [0.29, 0.717) is 11.5 Å². The van der Waals surface area contributed by atoms with Gasteiger partial charge in [-0.3, -0.25) is 9.59 Å². The van der Waals surface area contributed by atoms with E-state index in [4.69, 9.17) is 9.57 Å². The number of carbonyl (C=O) groups excluding carboxylic acids is 3. The van der Waals surface area contributed by atoms with E-state index in [1.165, 1.54) is 0 Å². The van der Waals surface area contributed by atoms with Crippen LogP contribution < -0.4 is 0 Å². The molecule has 19 heavy (non-hydrogen) atoms. The van der Waals surface area contributed by atoms with Crippen LogP contribution in [0.5, 0.6) is 0 Å².